The Hall–Kier alpha value is -3.03. The zero-order valence-corrected chi connectivity index (χ0v) is 21.4. The summed E-state index contributed by atoms with van der Waals surface area (Å²) in [5.74, 6) is -2.44. The fourth-order valence-corrected chi connectivity index (χ4v) is 6.19. The Kier molecular flexibility index (Phi) is 8.14. The Labute approximate surface area is 215 Å². The Bertz CT molecular complexity index is 1140. The molecule has 3 saturated heterocycles. The Morgan fingerprint density at radius 2 is 1.78 bits per heavy atom. The number of benzene rings is 1. The summed E-state index contributed by atoms with van der Waals surface area (Å²) in [6.07, 6.45) is 0.384. The molecule has 12 nitrogen and oxygen atoms in total. The number of rotatable bonds is 6. The normalized spacial score (nSPS) is 29.0. The number of hydrogen-bond acceptors (Lipinski definition) is 8. The van der Waals surface area contributed by atoms with Crippen LogP contribution >= 0.6 is 0 Å². The summed E-state index contributed by atoms with van der Waals surface area (Å²) < 4.78 is 31.4. The molecule has 0 spiro atoms. The van der Waals surface area contributed by atoms with Gasteiger partial charge in [0.05, 0.1) is 12.2 Å². The summed E-state index contributed by atoms with van der Waals surface area (Å²) in [4.78, 5) is 53.0. The van der Waals surface area contributed by atoms with Crippen molar-refractivity contribution in [3.05, 3.63) is 35.9 Å². The first kappa shape index (κ1) is 27.0. The van der Waals surface area contributed by atoms with E-state index in [1.54, 1.807) is 30.3 Å². The summed E-state index contributed by atoms with van der Waals surface area (Å²) >= 11 is 0. The van der Waals surface area contributed by atoms with Gasteiger partial charge in [0.15, 0.2) is 0 Å². The van der Waals surface area contributed by atoms with Gasteiger partial charge >= 0.3 is 5.97 Å². The average Bonchev–Trinajstić information content (AvgIpc) is 3.20. The van der Waals surface area contributed by atoms with Crippen molar-refractivity contribution in [1.82, 2.24) is 19.8 Å². The number of amides is 3. The molecule has 4 rings (SSSR count). The van der Waals surface area contributed by atoms with Crippen LogP contribution in [-0.2, 0) is 29.1 Å². The number of ether oxygens (including phenoxy) is 1. The number of carbonyl (C=O) groups is 4. The number of aliphatic hydroxyl groups is 1. The fraction of sp³-hybridized carbons (Fsp3) is 0.583. The van der Waals surface area contributed by atoms with Crippen LogP contribution in [0.25, 0.3) is 0 Å². The first-order chi connectivity index (χ1) is 17.6. The highest BCUT2D eigenvalue weighted by atomic mass is 32.2. The second kappa shape index (κ2) is 11.2. The number of fused-ring (bicyclic) bond motifs is 1. The van der Waals surface area contributed by atoms with Gasteiger partial charge < -0.3 is 25.4 Å². The largest absolute Gasteiger partial charge is 0.434 e. The lowest BCUT2D eigenvalue weighted by Crippen LogP contribution is -2.69. The number of sulfonamides is 1. The van der Waals surface area contributed by atoms with E-state index in [4.69, 9.17) is 0 Å². The lowest BCUT2D eigenvalue weighted by molar-refractivity contribution is -0.156. The minimum atomic E-state index is -3.67. The third-order valence-electron chi connectivity index (χ3n) is 7.07. The number of nitrogens with zero attached hydrogens (tertiary/aromatic N) is 2. The summed E-state index contributed by atoms with van der Waals surface area (Å²) in [6.45, 7) is 1.27. The molecule has 0 saturated carbocycles. The number of nitrogens with one attached hydrogen (secondary N) is 2. The highest BCUT2D eigenvalue weighted by Gasteiger charge is 2.47. The molecule has 1 aromatic carbocycles. The van der Waals surface area contributed by atoms with Crippen LogP contribution in [0, 0.1) is 0 Å². The zero-order chi connectivity index (χ0) is 26.7. The molecule has 3 N–H and O–H groups in total. The van der Waals surface area contributed by atoms with Crippen molar-refractivity contribution in [2.24, 2.45) is 0 Å². The van der Waals surface area contributed by atoms with Crippen LogP contribution in [0.15, 0.2) is 30.3 Å². The van der Waals surface area contributed by atoms with Gasteiger partial charge in [0, 0.05) is 24.7 Å². The maximum absolute atomic E-state index is 13.8. The van der Waals surface area contributed by atoms with Gasteiger partial charge in [0.1, 0.15) is 18.1 Å². The number of esters is 1. The van der Waals surface area contributed by atoms with E-state index in [1.807, 2.05) is 0 Å². The molecule has 3 heterocycles. The molecule has 3 aliphatic rings. The Morgan fingerprint density at radius 1 is 1.08 bits per heavy atom. The molecule has 5 atom stereocenters. The van der Waals surface area contributed by atoms with Crippen LogP contribution in [0.5, 0.6) is 0 Å². The Morgan fingerprint density at radius 3 is 2.43 bits per heavy atom. The second-order valence-corrected chi connectivity index (χ2v) is 11.8. The average molecular weight is 537 g/mol. The number of cyclic esters (lactones) is 1. The zero-order valence-electron chi connectivity index (χ0n) is 20.5. The van der Waals surface area contributed by atoms with Gasteiger partial charge in [-0.3, -0.25) is 19.2 Å². The fourth-order valence-electron chi connectivity index (χ4n) is 5.06. The van der Waals surface area contributed by atoms with E-state index in [2.05, 4.69) is 15.4 Å². The molecule has 37 heavy (non-hydrogen) atoms. The van der Waals surface area contributed by atoms with Crippen LogP contribution in [-0.4, -0.2) is 95.7 Å². The lowest BCUT2D eigenvalue weighted by Gasteiger charge is -2.47. The molecule has 3 aliphatic heterocycles. The van der Waals surface area contributed by atoms with Crippen LogP contribution in [0.4, 0.5) is 0 Å². The van der Waals surface area contributed by atoms with Gasteiger partial charge in [0.25, 0.3) is 5.91 Å². The standard InChI is InChI=1S/C24H32N4O8S/c1-2-37(34,35)27-13-16-10-6-7-11-17(25-21(30)15-8-4-3-5-9-15)23(32)28(16)19(14-27)22(31)26-18-12-20(29)36-24(18)33/h3-5,8-9,16-19,24,33H,2,6-7,10-14H2,1H3,(H,25,30)(H,26,31)/t16-,17-,18?,19-,24?/m0/s1. The van der Waals surface area contributed by atoms with Crippen LogP contribution < -0.4 is 10.6 Å². The second-order valence-electron chi connectivity index (χ2n) is 9.51. The van der Waals surface area contributed by atoms with E-state index < -0.39 is 64.2 Å². The molecule has 3 fully saturated rings. The van der Waals surface area contributed by atoms with E-state index in [0.717, 1.165) is 0 Å². The van der Waals surface area contributed by atoms with Gasteiger partial charge in [-0.2, -0.15) is 4.31 Å². The first-order valence-electron chi connectivity index (χ1n) is 12.4. The molecule has 0 radical (unpaired) electrons. The molecule has 0 aromatic heterocycles. The van der Waals surface area contributed by atoms with E-state index >= 15 is 0 Å². The van der Waals surface area contributed by atoms with Crippen molar-refractivity contribution in [2.45, 2.75) is 69.5 Å². The Balaban J connectivity index is 1.62. The lowest BCUT2D eigenvalue weighted by atomic mass is 9.94. The van der Waals surface area contributed by atoms with Crippen LogP contribution in [0.2, 0.25) is 0 Å². The summed E-state index contributed by atoms with van der Waals surface area (Å²) in [5.41, 5.74) is 0.391. The van der Waals surface area contributed by atoms with Crippen molar-refractivity contribution in [1.29, 1.82) is 0 Å². The molecule has 0 aliphatic carbocycles. The smallest absolute Gasteiger partial charge is 0.310 e. The van der Waals surface area contributed by atoms with Crippen molar-refractivity contribution in [3.8, 4) is 0 Å². The number of aliphatic hydroxyl groups excluding tert-OH is 1. The molecule has 0 bridgehead atoms. The summed E-state index contributed by atoms with van der Waals surface area (Å²) in [6, 6.07) is 4.74. The van der Waals surface area contributed by atoms with Gasteiger partial charge in [-0.15, -0.1) is 0 Å². The monoisotopic (exact) mass is 536 g/mol. The SMILES string of the molecule is CCS(=O)(=O)N1C[C@@H]2CCCC[C@H](NC(=O)c3ccccc3)C(=O)N2[C@H](C(=O)NC2CC(=O)OC2O)C1. The minimum absolute atomic E-state index is 0.0404. The van der Waals surface area contributed by atoms with E-state index in [9.17, 15) is 32.7 Å². The number of hydrogen-bond donors (Lipinski definition) is 3. The third kappa shape index (κ3) is 5.94. The quantitative estimate of drug-likeness (QED) is 0.404. The molecule has 13 heteroatoms. The predicted molar refractivity (Wildman–Crippen MR) is 130 cm³/mol. The summed E-state index contributed by atoms with van der Waals surface area (Å²) in [7, 11) is -3.67. The van der Waals surface area contributed by atoms with Gasteiger partial charge in [-0.05, 0) is 31.9 Å². The number of piperazine rings is 1. The van der Waals surface area contributed by atoms with Crippen molar-refractivity contribution in [2.75, 3.05) is 18.8 Å². The maximum Gasteiger partial charge on any atom is 0.310 e. The molecule has 1 aromatic rings. The van der Waals surface area contributed by atoms with Crippen molar-refractivity contribution >= 4 is 33.7 Å². The molecule has 3 amide bonds. The molecule has 2 unspecified atom stereocenters. The van der Waals surface area contributed by atoms with Gasteiger partial charge in [-0.25, -0.2) is 8.42 Å². The van der Waals surface area contributed by atoms with Gasteiger partial charge in [0.2, 0.25) is 28.1 Å². The number of carbonyl (C=O) groups excluding carboxylic acids is 4. The molecular weight excluding hydrogens is 504 g/mol. The summed E-state index contributed by atoms with van der Waals surface area (Å²) in [5, 5.41) is 15.3. The molecule has 202 valence electrons. The highest BCUT2D eigenvalue weighted by Crippen LogP contribution is 2.28. The maximum atomic E-state index is 13.8. The van der Waals surface area contributed by atoms with Crippen LogP contribution in [0.1, 0.15) is 49.4 Å². The van der Waals surface area contributed by atoms with Crippen LogP contribution in [0.3, 0.4) is 0 Å². The molecular formula is C24H32N4O8S. The van der Waals surface area contributed by atoms with Gasteiger partial charge in [-0.1, -0.05) is 31.0 Å². The minimum Gasteiger partial charge on any atom is -0.434 e. The van der Waals surface area contributed by atoms with E-state index in [1.165, 1.54) is 16.1 Å². The predicted octanol–water partition coefficient (Wildman–Crippen LogP) is -0.660. The third-order valence-corrected chi connectivity index (χ3v) is 8.88. The topological polar surface area (TPSA) is 162 Å². The van der Waals surface area contributed by atoms with E-state index in [0.29, 0.717) is 31.2 Å². The first-order valence-corrected chi connectivity index (χ1v) is 14.1. The van der Waals surface area contributed by atoms with Crippen molar-refractivity contribution < 1.29 is 37.4 Å². The van der Waals surface area contributed by atoms with E-state index in [-0.39, 0.29) is 25.3 Å². The highest BCUT2D eigenvalue weighted by molar-refractivity contribution is 7.89. The van der Waals surface area contributed by atoms with Crippen molar-refractivity contribution in [3.63, 3.8) is 0 Å².